The zero-order chi connectivity index (χ0) is 15.5. The first-order valence-corrected chi connectivity index (χ1v) is 8.52. The van der Waals surface area contributed by atoms with E-state index in [9.17, 15) is 8.42 Å². The molecule has 0 amide bonds. The van der Waals surface area contributed by atoms with E-state index in [2.05, 4.69) is 25.5 Å². The van der Waals surface area contributed by atoms with E-state index in [-0.39, 0.29) is 10.3 Å². The molecule has 4 heteroatoms. The molecule has 2 rings (SSSR count). The second kappa shape index (κ2) is 5.90. The molecule has 21 heavy (non-hydrogen) atoms. The Hall–Kier alpha value is -1.81. The highest BCUT2D eigenvalue weighted by atomic mass is 32.2. The van der Waals surface area contributed by atoms with Crippen LogP contribution in [0.1, 0.15) is 32.8 Å². The molecule has 0 atom stereocenters. The standard InChI is InChI=1S/C17H21NO2S/c1-4-17(2,3)14-10-12-16(13-11-14)21(19,20)18-15-8-6-5-7-9-15/h5-13,18H,4H2,1-3H3. The van der Waals surface area contributed by atoms with E-state index in [0.717, 1.165) is 12.0 Å². The van der Waals surface area contributed by atoms with Gasteiger partial charge in [-0.1, -0.05) is 51.1 Å². The van der Waals surface area contributed by atoms with Gasteiger partial charge in [0.25, 0.3) is 10.0 Å². The minimum absolute atomic E-state index is 0.0507. The molecule has 112 valence electrons. The zero-order valence-electron chi connectivity index (χ0n) is 12.6. The maximum atomic E-state index is 12.3. The summed E-state index contributed by atoms with van der Waals surface area (Å²) in [6.07, 6.45) is 1.00. The van der Waals surface area contributed by atoms with Crippen molar-refractivity contribution in [2.75, 3.05) is 4.72 Å². The second-order valence-electron chi connectivity index (χ2n) is 5.73. The van der Waals surface area contributed by atoms with Gasteiger partial charge in [0, 0.05) is 5.69 Å². The molecule has 0 aliphatic heterocycles. The molecular formula is C17H21NO2S. The highest BCUT2D eigenvalue weighted by Gasteiger charge is 2.20. The van der Waals surface area contributed by atoms with Crippen LogP contribution < -0.4 is 4.72 Å². The minimum Gasteiger partial charge on any atom is -0.280 e. The molecule has 0 fully saturated rings. The smallest absolute Gasteiger partial charge is 0.261 e. The summed E-state index contributed by atoms with van der Waals surface area (Å²) in [4.78, 5) is 0.280. The van der Waals surface area contributed by atoms with Crippen LogP contribution in [0.25, 0.3) is 0 Å². The Morgan fingerprint density at radius 1 is 0.952 bits per heavy atom. The molecule has 2 aromatic rings. The molecule has 0 radical (unpaired) electrons. The summed E-state index contributed by atoms with van der Waals surface area (Å²) in [6.45, 7) is 6.43. The molecule has 0 unspecified atom stereocenters. The Morgan fingerprint density at radius 3 is 2.05 bits per heavy atom. The number of anilines is 1. The van der Waals surface area contributed by atoms with E-state index in [0.29, 0.717) is 5.69 Å². The number of nitrogens with one attached hydrogen (secondary N) is 1. The minimum atomic E-state index is -3.53. The molecule has 0 saturated heterocycles. The fraction of sp³-hybridized carbons (Fsp3) is 0.294. The van der Waals surface area contributed by atoms with Gasteiger partial charge in [0.2, 0.25) is 0 Å². The molecule has 0 aliphatic rings. The largest absolute Gasteiger partial charge is 0.280 e. The van der Waals surface area contributed by atoms with Crippen molar-refractivity contribution in [1.82, 2.24) is 0 Å². The fourth-order valence-corrected chi connectivity index (χ4v) is 3.07. The number of benzene rings is 2. The van der Waals surface area contributed by atoms with Gasteiger partial charge in [0.05, 0.1) is 4.90 Å². The molecule has 0 bridgehead atoms. The Kier molecular flexibility index (Phi) is 4.37. The van der Waals surface area contributed by atoms with Crippen LogP contribution in [-0.2, 0) is 15.4 Å². The van der Waals surface area contributed by atoms with Crippen molar-refractivity contribution in [3.05, 3.63) is 60.2 Å². The maximum Gasteiger partial charge on any atom is 0.261 e. The van der Waals surface area contributed by atoms with E-state index in [4.69, 9.17) is 0 Å². The lowest BCUT2D eigenvalue weighted by atomic mass is 9.82. The van der Waals surface area contributed by atoms with Gasteiger partial charge >= 0.3 is 0 Å². The number of rotatable bonds is 5. The first kappa shape index (κ1) is 15.6. The van der Waals surface area contributed by atoms with Gasteiger partial charge in [0.1, 0.15) is 0 Å². The van der Waals surface area contributed by atoms with Crippen molar-refractivity contribution in [2.24, 2.45) is 0 Å². The van der Waals surface area contributed by atoms with E-state index >= 15 is 0 Å². The predicted molar refractivity (Wildman–Crippen MR) is 87.0 cm³/mol. The third kappa shape index (κ3) is 3.64. The van der Waals surface area contributed by atoms with Crippen LogP contribution in [-0.4, -0.2) is 8.42 Å². The number of hydrogen-bond donors (Lipinski definition) is 1. The normalized spacial score (nSPS) is 12.1. The molecular weight excluding hydrogens is 282 g/mol. The van der Waals surface area contributed by atoms with Gasteiger partial charge in [-0.15, -0.1) is 0 Å². The van der Waals surface area contributed by atoms with Gasteiger partial charge in [-0.25, -0.2) is 8.42 Å². The second-order valence-corrected chi connectivity index (χ2v) is 7.42. The van der Waals surface area contributed by atoms with Gasteiger partial charge in [-0.3, -0.25) is 4.72 Å². The van der Waals surface area contributed by atoms with E-state index < -0.39 is 10.0 Å². The summed E-state index contributed by atoms with van der Waals surface area (Å²) < 4.78 is 27.2. The lowest BCUT2D eigenvalue weighted by molar-refractivity contribution is 0.506. The van der Waals surface area contributed by atoms with E-state index in [1.165, 1.54) is 0 Å². The van der Waals surface area contributed by atoms with Crippen LogP contribution in [0.3, 0.4) is 0 Å². The molecule has 3 nitrogen and oxygen atoms in total. The van der Waals surface area contributed by atoms with Gasteiger partial charge in [0.15, 0.2) is 0 Å². The van der Waals surface area contributed by atoms with Crippen LogP contribution in [0.2, 0.25) is 0 Å². The molecule has 2 aromatic carbocycles. The van der Waals surface area contributed by atoms with Crippen molar-refractivity contribution in [3.63, 3.8) is 0 Å². The maximum absolute atomic E-state index is 12.3. The fourth-order valence-electron chi connectivity index (χ4n) is 2.01. The molecule has 1 N–H and O–H groups in total. The highest BCUT2D eigenvalue weighted by molar-refractivity contribution is 7.92. The van der Waals surface area contributed by atoms with Gasteiger partial charge < -0.3 is 0 Å². The average molecular weight is 303 g/mol. The molecule has 0 aliphatic carbocycles. The topological polar surface area (TPSA) is 46.2 Å². The predicted octanol–water partition coefficient (Wildman–Crippen LogP) is 4.18. The Labute approximate surface area is 127 Å². The summed E-state index contributed by atoms with van der Waals surface area (Å²) in [5.74, 6) is 0. The first-order valence-electron chi connectivity index (χ1n) is 7.03. The van der Waals surface area contributed by atoms with Crippen LogP contribution in [0, 0.1) is 0 Å². The van der Waals surface area contributed by atoms with E-state index in [1.54, 1.807) is 36.4 Å². The Morgan fingerprint density at radius 2 is 1.52 bits per heavy atom. The summed E-state index contributed by atoms with van der Waals surface area (Å²) in [7, 11) is -3.53. The van der Waals surface area contributed by atoms with Gasteiger partial charge in [-0.2, -0.15) is 0 Å². The van der Waals surface area contributed by atoms with Crippen LogP contribution >= 0.6 is 0 Å². The van der Waals surface area contributed by atoms with E-state index in [1.807, 2.05) is 18.2 Å². The summed E-state index contributed by atoms with van der Waals surface area (Å²) >= 11 is 0. The number of sulfonamides is 1. The van der Waals surface area contributed by atoms with Gasteiger partial charge in [-0.05, 0) is 41.7 Å². The van der Waals surface area contributed by atoms with Crippen molar-refractivity contribution >= 4 is 15.7 Å². The van der Waals surface area contributed by atoms with Crippen molar-refractivity contribution in [1.29, 1.82) is 0 Å². The van der Waals surface area contributed by atoms with Crippen molar-refractivity contribution in [2.45, 2.75) is 37.5 Å². The monoisotopic (exact) mass is 303 g/mol. The molecule has 0 aromatic heterocycles. The first-order chi connectivity index (χ1) is 9.85. The van der Waals surface area contributed by atoms with Crippen LogP contribution in [0.15, 0.2) is 59.5 Å². The highest BCUT2D eigenvalue weighted by Crippen LogP contribution is 2.27. The molecule has 0 heterocycles. The number of para-hydroxylation sites is 1. The van der Waals surface area contributed by atoms with Crippen LogP contribution in [0.4, 0.5) is 5.69 Å². The summed E-state index contributed by atoms with van der Waals surface area (Å²) in [6, 6.07) is 16.0. The third-order valence-electron chi connectivity index (χ3n) is 3.86. The average Bonchev–Trinajstić information content (AvgIpc) is 2.48. The quantitative estimate of drug-likeness (QED) is 0.901. The van der Waals surface area contributed by atoms with Crippen molar-refractivity contribution < 1.29 is 8.42 Å². The summed E-state index contributed by atoms with van der Waals surface area (Å²) in [5, 5.41) is 0. The van der Waals surface area contributed by atoms with Crippen LogP contribution in [0.5, 0.6) is 0 Å². The Balaban J connectivity index is 2.26. The lowest BCUT2D eigenvalue weighted by Crippen LogP contribution is -2.16. The SMILES string of the molecule is CCC(C)(C)c1ccc(S(=O)(=O)Nc2ccccc2)cc1. The third-order valence-corrected chi connectivity index (χ3v) is 5.25. The molecule has 0 spiro atoms. The molecule has 0 saturated carbocycles. The zero-order valence-corrected chi connectivity index (χ0v) is 13.4. The van der Waals surface area contributed by atoms with Crippen molar-refractivity contribution in [3.8, 4) is 0 Å². The number of hydrogen-bond acceptors (Lipinski definition) is 2. The Bertz CT molecular complexity index is 689. The summed E-state index contributed by atoms with van der Waals surface area (Å²) in [5.41, 5.74) is 1.76. The lowest BCUT2D eigenvalue weighted by Gasteiger charge is -2.23.